The van der Waals surface area contributed by atoms with E-state index in [0.29, 0.717) is 19.5 Å². The van der Waals surface area contributed by atoms with Gasteiger partial charge in [-0.05, 0) is 36.8 Å². The van der Waals surface area contributed by atoms with Crippen molar-refractivity contribution in [3.05, 3.63) is 35.4 Å². The Morgan fingerprint density at radius 3 is 2.48 bits per heavy atom. The Kier molecular flexibility index (Phi) is 5.82. The molecule has 2 aliphatic rings. The smallest absolute Gasteiger partial charge is 0.325 e. The van der Waals surface area contributed by atoms with Crippen molar-refractivity contribution < 1.29 is 14.4 Å². The molecule has 1 spiro atoms. The molecule has 1 atom stereocenters. The van der Waals surface area contributed by atoms with Gasteiger partial charge in [-0.3, -0.25) is 14.5 Å². The molecule has 0 bridgehead atoms. The highest BCUT2D eigenvalue weighted by molar-refractivity contribution is 6.09. The van der Waals surface area contributed by atoms with E-state index in [0.717, 1.165) is 48.1 Å². The molecular weight excluding hydrogens is 342 g/mol. The van der Waals surface area contributed by atoms with Gasteiger partial charge in [-0.1, -0.05) is 51.0 Å². The van der Waals surface area contributed by atoms with Crippen LogP contribution in [0.2, 0.25) is 0 Å². The molecule has 27 heavy (non-hydrogen) atoms. The molecule has 146 valence electrons. The molecule has 0 radical (unpaired) electrons. The summed E-state index contributed by atoms with van der Waals surface area (Å²) < 4.78 is 0. The molecule has 1 heterocycles. The summed E-state index contributed by atoms with van der Waals surface area (Å²) in [5.41, 5.74) is 0.963. The molecule has 1 aliphatic heterocycles. The molecule has 1 aromatic rings. The van der Waals surface area contributed by atoms with Crippen molar-refractivity contribution in [3.8, 4) is 0 Å². The lowest BCUT2D eigenvalue weighted by atomic mass is 9.92. The molecule has 6 heteroatoms. The minimum Gasteiger partial charge on any atom is -0.341 e. The lowest BCUT2D eigenvalue weighted by Crippen LogP contribution is -2.45. The second-order valence-corrected chi connectivity index (χ2v) is 7.47. The number of aryl methyl sites for hydroxylation is 1. The van der Waals surface area contributed by atoms with E-state index in [4.69, 9.17) is 0 Å². The molecule has 0 saturated carbocycles. The van der Waals surface area contributed by atoms with Crippen LogP contribution in [0.15, 0.2) is 24.3 Å². The predicted octanol–water partition coefficient (Wildman–Crippen LogP) is 2.81. The van der Waals surface area contributed by atoms with Crippen LogP contribution in [0, 0.1) is 0 Å². The molecule has 0 unspecified atom stereocenters. The Bertz CT molecular complexity index is 725. The van der Waals surface area contributed by atoms with Gasteiger partial charge in [0, 0.05) is 13.1 Å². The normalized spacial score (nSPS) is 20.9. The summed E-state index contributed by atoms with van der Waals surface area (Å²) in [6.07, 6.45) is 5.15. The number of imide groups is 1. The fraction of sp³-hybridized carbons (Fsp3) is 0.571. The van der Waals surface area contributed by atoms with Gasteiger partial charge in [0.2, 0.25) is 5.91 Å². The standard InChI is InChI=1S/C21H29N3O3/c1-3-5-13-23(14-6-4-2)18(25)15-24-19(26)21(22-20(24)27)12-11-16-9-7-8-10-17(16)21/h7-10H,3-6,11-15H2,1-2H3,(H,22,27)/t21-/m1/s1. The summed E-state index contributed by atoms with van der Waals surface area (Å²) in [7, 11) is 0. The topological polar surface area (TPSA) is 69.7 Å². The average molecular weight is 371 g/mol. The van der Waals surface area contributed by atoms with E-state index in [1.165, 1.54) is 0 Å². The molecule has 1 fully saturated rings. The second kappa shape index (κ2) is 8.11. The number of nitrogens with one attached hydrogen (secondary N) is 1. The van der Waals surface area contributed by atoms with Gasteiger partial charge in [0.1, 0.15) is 12.1 Å². The maximum absolute atomic E-state index is 13.2. The zero-order chi connectivity index (χ0) is 19.4. The third kappa shape index (κ3) is 3.57. The third-order valence-corrected chi connectivity index (χ3v) is 5.63. The van der Waals surface area contributed by atoms with Crippen LogP contribution in [0.5, 0.6) is 0 Å². The molecule has 1 N–H and O–H groups in total. The molecule has 4 amide bonds. The quantitative estimate of drug-likeness (QED) is 0.715. The van der Waals surface area contributed by atoms with E-state index in [1.807, 2.05) is 24.3 Å². The summed E-state index contributed by atoms with van der Waals surface area (Å²) in [4.78, 5) is 41.4. The van der Waals surface area contributed by atoms with Crippen LogP contribution in [0.3, 0.4) is 0 Å². The Morgan fingerprint density at radius 2 is 1.81 bits per heavy atom. The number of nitrogens with zero attached hydrogens (tertiary/aromatic N) is 2. The highest BCUT2D eigenvalue weighted by atomic mass is 16.2. The predicted molar refractivity (Wildman–Crippen MR) is 103 cm³/mol. The van der Waals surface area contributed by atoms with Crippen molar-refractivity contribution in [1.82, 2.24) is 15.1 Å². The number of carbonyl (C=O) groups excluding carboxylic acids is 3. The summed E-state index contributed by atoms with van der Waals surface area (Å²) in [6, 6.07) is 7.27. The van der Waals surface area contributed by atoms with Gasteiger partial charge in [0.15, 0.2) is 0 Å². The van der Waals surface area contributed by atoms with Gasteiger partial charge < -0.3 is 10.2 Å². The van der Waals surface area contributed by atoms with E-state index in [2.05, 4.69) is 19.2 Å². The maximum atomic E-state index is 13.2. The highest BCUT2D eigenvalue weighted by Gasteiger charge is 2.55. The Morgan fingerprint density at radius 1 is 1.15 bits per heavy atom. The van der Waals surface area contributed by atoms with Crippen LogP contribution < -0.4 is 5.32 Å². The Labute approximate surface area is 160 Å². The van der Waals surface area contributed by atoms with Gasteiger partial charge in [0.05, 0.1) is 0 Å². The van der Waals surface area contributed by atoms with Crippen molar-refractivity contribution in [1.29, 1.82) is 0 Å². The minimum absolute atomic E-state index is 0.149. The van der Waals surface area contributed by atoms with Gasteiger partial charge in [-0.25, -0.2) is 4.79 Å². The average Bonchev–Trinajstić information content (AvgIpc) is 3.15. The van der Waals surface area contributed by atoms with Crippen LogP contribution in [0.25, 0.3) is 0 Å². The fourth-order valence-electron chi connectivity index (χ4n) is 4.03. The van der Waals surface area contributed by atoms with Crippen molar-refractivity contribution in [2.24, 2.45) is 0 Å². The summed E-state index contributed by atoms with van der Waals surface area (Å²) >= 11 is 0. The van der Waals surface area contributed by atoms with Gasteiger partial charge >= 0.3 is 6.03 Å². The first kappa shape index (κ1) is 19.4. The number of carbonyl (C=O) groups is 3. The molecule has 6 nitrogen and oxygen atoms in total. The first-order chi connectivity index (χ1) is 13.0. The number of amides is 4. The van der Waals surface area contributed by atoms with E-state index in [1.54, 1.807) is 4.90 Å². The number of benzene rings is 1. The lowest BCUT2D eigenvalue weighted by molar-refractivity contribution is -0.139. The highest BCUT2D eigenvalue weighted by Crippen LogP contribution is 2.41. The number of hydrogen-bond acceptors (Lipinski definition) is 3. The molecule has 3 rings (SSSR count). The number of fused-ring (bicyclic) bond motifs is 2. The SMILES string of the molecule is CCCCN(CCCC)C(=O)CN1C(=O)N[C@@]2(CCc3ccccc32)C1=O. The summed E-state index contributed by atoms with van der Waals surface area (Å²) in [5, 5.41) is 2.88. The number of urea groups is 1. The zero-order valence-corrected chi connectivity index (χ0v) is 16.3. The van der Waals surface area contributed by atoms with Crippen LogP contribution in [-0.4, -0.2) is 47.3 Å². The van der Waals surface area contributed by atoms with E-state index >= 15 is 0 Å². The van der Waals surface area contributed by atoms with Crippen molar-refractivity contribution >= 4 is 17.8 Å². The van der Waals surface area contributed by atoms with E-state index in [-0.39, 0.29) is 18.4 Å². The number of hydrogen-bond donors (Lipinski definition) is 1. The fourth-order valence-corrected chi connectivity index (χ4v) is 4.03. The van der Waals surface area contributed by atoms with Crippen LogP contribution in [-0.2, 0) is 21.5 Å². The zero-order valence-electron chi connectivity index (χ0n) is 16.3. The van der Waals surface area contributed by atoms with Crippen molar-refractivity contribution in [3.63, 3.8) is 0 Å². The van der Waals surface area contributed by atoms with Gasteiger partial charge in [-0.15, -0.1) is 0 Å². The molecule has 0 aromatic heterocycles. The number of rotatable bonds is 8. The van der Waals surface area contributed by atoms with E-state index < -0.39 is 11.6 Å². The molecule has 1 aliphatic carbocycles. The Hall–Kier alpha value is -2.37. The third-order valence-electron chi connectivity index (χ3n) is 5.63. The lowest BCUT2D eigenvalue weighted by Gasteiger charge is -2.25. The number of unbranched alkanes of at least 4 members (excludes halogenated alkanes) is 2. The Balaban J connectivity index is 1.75. The second-order valence-electron chi connectivity index (χ2n) is 7.47. The summed E-state index contributed by atoms with van der Waals surface area (Å²) in [5.74, 6) is -0.444. The van der Waals surface area contributed by atoms with Crippen LogP contribution >= 0.6 is 0 Å². The van der Waals surface area contributed by atoms with Gasteiger partial charge in [0.25, 0.3) is 5.91 Å². The first-order valence-corrected chi connectivity index (χ1v) is 10.0. The first-order valence-electron chi connectivity index (χ1n) is 10.0. The van der Waals surface area contributed by atoms with Crippen molar-refractivity contribution in [2.75, 3.05) is 19.6 Å². The van der Waals surface area contributed by atoms with E-state index in [9.17, 15) is 14.4 Å². The van der Waals surface area contributed by atoms with Crippen molar-refractivity contribution in [2.45, 2.75) is 57.9 Å². The summed E-state index contributed by atoms with van der Waals surface area (Å²) in [6.45, 7) is 5.34. The largest absolute Gasteiger partial charge is 0.341 e. The van der Waals surface area contributed by atoms with Crippen LogP contribution in [0.4, 0.5) is 4.79 Å². The van der Waals surface area contributed by atoms with Gasteiger partial charge in [-0.2, -0.15) is 0 Å². The molecule has 1 aromatic carbocycles. The minimum atomic E-state index is -0.994. The maximum Gasteiger partial charge on any atom is 0.325 e. The molecular formula is C21H29N3O3. The van der Waals surface area contributed by atoms with Crippen LogP contribution in [0.1, 0.15) is 57.1 Å². The molecule has 1 saturated heterocycles. The monoisotopic (exact) mass is 371 g/mol.